The van der Waals surface area contributed by atoms with Crippen LogP contribution in [-0.2, 0) is 6.54 Å². The lowest BCUT2D eigenvalue weighted by Crippen LogP contribution is -1.98. The average molecular weight is 250 g/mol. The van der Waals surface area contributed by atoms with Crippen LogP contribution in [0.15, 0.2) is 60.8 Å². The number of rotatable bonds is 3. The maximum Gasteiger partial charge on any atom is 0.113 e. The second kappa shape index (κ2) is 5.04. The summed E-state index contributed by atoms with van der Waals surface area (Å²) in [6.07, 6.45) is 1.92. The van der Waals surface area contributed by atoms with Gasteiger partial charge in [0.15, 0.2) is 0 Å². The molecule has 0 atom stereocenters. The zero-order valence-electron chi connectivity index (χ0n) is 10.4. The van der Waals surface area contributed by atoms with Crippen molar-refractivity contribution in [3.05, 3.63) is 66.4 Å². The van der Waals surface area contributed by atoms with Crippen molar-refractivity contribution in [2.75, 3.05) is 0 Å². The summed E-state index contributed by atoms with van der Waals surface area (Å²) < 4.78 is 1.77. The third-order valence-electron chi connectivity index (χ3n) is 3.00. The lowest BCUT2D eigenvalue weighted by molar-refractivity contribution is 0.803. The van der Waals surface area contributed by atoms with Gasteiger partial charge < -0.3 is 5.73 Å². The molecule has 94 valence electrons. The Kier molecular flexibility index (Phi) is 3.08. The van der Waals surface area contributed by atoms with Crippen LogP contribution in [0, 0.1) is 0 Å². The van der Waals surface area contributed by atoms with E-state index < -0.39 is 0 Å². The van der Waals surface area contributed by atoms with Crippen molar-refractivity contribution in [2.24, 2.45) is 5.73 Å². The monoisotopic (exact) mass is 250 g/mol. The summed E-state index contributed by atoms with van der Waals surface area (Å²) in [6, 6.07) is 18.0. The van der Waals surface area contributed by atoms with Crippen LogP contribution in [0.1, 0.15) is 5.56 Å². The summed E-state index contributed by atoms with van der Waals surface area (Å²) in [5, 5.41) is 8.35. The van der Waals surface area contributed by atoms with E-state index in [1.54, 1.807) is 4.68 Å². The quantitative estimate of drug-likeness (QED) is 0.776. The molecule has 1 heterocycles. The van der Waals surface area contributed by atoms with Crippen molar-refractivity contribution in [2.45, 2.75) is 6.54 Å². The van der Waals surface area contributed by atoms with Gasteiger partial charge in [-0.05, 0) is 17.7 Å². The Morgan fingerprint density at radius 2 is 1.68 bits per heavy atom. The number of nitrogens with zero attached hydrogens (tertiary/aromatic N) is 3. The van der Waals surface area contributed by atoms with Crippen LogP contribution >= 0.6 is 0 Å². The number of hydrogen-bond donors (Lipinski definition) is 1. The molecule has 0 spiro atoms. The van der Waals surface area contributed by atoms with Crippen LogP contribution in [0.25, 0.3) is 16.9 Å². The van der Waals surface area contributed by atoms with E-state index in [0.717, 1.165) is 22.5 Å². The second-order valence-corrected chi connectivity index (χ2v) is 4.28. The van der Waals surface area contributed by atoms with E-state index >= 15 is 0 Å². The lowest BCUT2D eigenvalue weighted by Gasteiger charge is -2.01. The van der Waals surface area contributed by atoms with Crippen LogP contribution in [0.2, 0.25) is 0 Å². The number of hydrogen-bond acceptors (Lipinski definition) is 3. The molecule has 0 aliphatic rings. The molecule has 0 aliphatic carbocycles. The van der Waals surface area contributed by atoms with E-state index in [1.165, 1.54) is 0 Å². The molecule has 0 unspecified atom stereocenters. The molecule has 0 aliphatic heterocycles. The van der Waals surface area contributed by atoms with Gasteiger partial charge in [0, 0.05) is 12.1 Å². The van der Waals surface area contributed by atoms with E-state index in [2.05, 4.69) is 10.3 Å². The van der Waals surface area contributed by atoms with E-state index in [4.69, 9.17) is 5.73 Å². The van der Waals surface area contributed by atoms with Gasteiger partial charge in [0.1, 0.15) is 5.69 Å². The standard InChI is InChI=1S/C15H14N4/c16-10-12-6-8-14(9-7-12)19-11-15(17-18-19)13-4-2-1-3-5-13/h1-9,11H,10,16H2. The third-order valence-corrected chi connectivity index (χ3v) is 3.00. The molecule has 0 radical (unpaired) electrons. The first-order valence-electron chi connectivity index (χ1n) is 6.14. The fraction of sp³-hybridized carbons (Fsp3) is 0.0667. The van der Waals surface area contributed by atoms with E-state index in [0.29, 0.717) is 6.54 Å². The minimum Gasteiger partial charge on any atom is -0.326 e. The molecule has 0 saturated heterocycles. The van der Waals surface area contributed by atoms with E-state index in [1.807, 2.05) is 60.8 Å². The molecule has 0 saturated carbocycles. The van der Waals surface area contributed by atoms with Crippen molar-refractivity contribution < 1.29 is 0 Å². The first-order valence-corrected chi connectivity index (χ1v) is 6.14. The van der Waals surface area contributed by atoms with Crippen LogP contribution in [0.4, 0.5) is 0 Å². The zero-order chi connectivity index (χ0) is 13.1. The Morgan fingerprint density at radius 3 is 2.37 bits per heavy atom. The first-order chi connectivity index (χ1) is 9.36. The molecule has 0 amide bonds. The van der Waals surface area contributed by atoms with Crippen LogP contribution in [0.3, 0.4) is 0 Å². The van der Waals surface area contributed by atoms with Crippen LogP contribution in [0.5, 0.6) is 0 Å². The normalized spacial score (nSPS) is 10.6. The second-order valence-electron chi connectivity index (χ2n) is 4.28. The highest BCUT2D eigenvalue weighted by molar-refractivity contribution is 5.57. The highest BCUT2D eigenvalue weighted by Gasteiger charge is 2.04. The number of aromatic nitrogens is 3. The average Bonchev–Trinajstić information content (AvgIpc) is 2.98. The van der Waals surface area contributed by atoms with Gasteiger partial charge in [-0.25, -0.2) is 4.68 Å². The van der Waals surface area contributed by atoms with Crippen molar-refractivity contribution in [3.8, 4) is 16.9 Å². The fourth-order valence-corrected chi connectivity index (χ4v) is 1.92. The van der Waals surface area contributed by atoms with Gasteiger partial charge in [0.05, 0.1) is 11.9 Å². The minimum atomic E-state index is 0.549. The summed E-state index contributed by atoms with van der Waals surface area (Å²) in [5.41, 5.74) is 9.59. The van der Waals surface area contributed by atoms with Crippen molar-refractivity contribution in [1.82, 2.24) is 15.0 Å². The molecule has 2 aromatic carbocycles. The van der Waals surface area contributed by atoms with Gasteiger partial charge in [0.25, 0.3) is 0 Å². The smallest absolute Gasteiger partial charge is 0.113 e. The molecule has 19 heavy (non-hydrogen) atoms. The molecule has 0 bridgehead atoms. The van der Waals surface area contributed by atoms with Crippen molar-refractivity contribution >= 4 is 0 Å². The highest BCUT2D eigenvalue weighted by atomic mass is 15.4. The molecule has 0 fully saturated rings. The Hall–Kier alpha value is -2.46. The van der Waals surface area contributed by atoms with Crippen LogP contribution in [-0.4, -0.2) is 15.0 Å². The third kappa shape index (κ3) is 2.39. The molecule has 2 N–H and O–H groups in total. The molecule has 4 heteroatoms. The largest absolute Gasteiger partial charge is 0.326 e. The number of nitrogens with two attached hydrogens (primary N) is 1. The van der Waals surface area contributed by atoms with Crippen LogP contribution < -0.4 is 5.73 Å². The number of benzene rings is 2. The Labute approximate surface area is 111 Å². The fourth-order valence-electron chi connectivity index (χ4n) is 1.92. The van der Waals surface area contributed by atoms with Gasteiger partial charge in [-0.1, -0.05) is 47.7 Å². The molecular weight excluding hydrogens is 236 g/mol. The predicted molar refractivity (Wildman–Crippen MR) is 74.7 cm³/mol. The van der Waals surface area contributed by atoms with Gasteiger partial charge in [-0.2, -0.15) is 0 Å². The first kappa shape index (κ1) is 11.6. The van der Waals surface area contributed by atoms with Gasteiger partial charge >= 0.3 is 0 Å². The predicted octanol–water partition coefficient (Wildman–Crippen LogP) is 2.39. The van der Waals surface area contributed by atoms with E-state index in [-0.39, 0.29) is 0 Å². The van der Waals surface area contributed by atoms with Gasteiger partial charge in [-0.15, -0.1) is 5.10 Å². The Morgan fingerprint density at radius 1 is 0.947 bits per heavy atom. The Balaban J connectivity index is 1.92. The molecule has 4 nitrogen and oxygen atoms in total. The molecule has 1 aromatic heterocycles. The summed E-state index contributed by atoms with van der Waals surface area (Å²) in [7, 11) is 0. The zero-order valence-corrected chi connectivity index (χ0v) is 10.4. The maximum atomic E-state index is 5.58. The minimum absolute atomic E-state index is 0.549. The summed E-state index contributed by atoms with van der Waals surface area (Å²) in [5.74, 6) is 0. The maximum absolute atomic E-state index is 5.58. The Bertz CT molecular complexity index is 656. The molecule has 3 rings (SSSR count). The SMILES string of the molecule is NCc1ccc(-n2cc(-c3ccccc3)nn2)cc1. The lowest BCUT2D eigenvalue weighted by atomic mass is 10.2. The summed E-state index contributed by atoms with van der Waals surface area (Å²) in [6.45, 7) is 0.549. The topological polar surface area (TPSA) is 56.7 Å². The molecule has 3 aromatic rings. The van der Waals surface area contributed by atoms with E-state index in [9.17, 15) is 0 Å². The van der Waals surface area contributed by atoms with Crippen molar-refractivity contribution in [3.63, 3.8) is 0 Å². The van der Waals surface area contributed by atoms with Crippen molar-refractivity contribution in [1.29, 1.82) is 0 Å². The van der Waals surface area contributed by atoms with Gasteiger partial charge in [-0.3, -0.25) is 0 Å². The summed E-state index contributed by atoms with van der Waals surface area (Å²) >= 11 is 0. The molecular formula is C15H14N4. The highest BCUT2D eigenvalue weighted by Crippen LogP contribution is 2.17. The summed E-state index contributed by atoms with van der Waals surface area (Å²) in [4.78, 5) is 0. The van der Waals surface area contributed by atoms with Gasteiger partial charge in [0.2, 0.25) is 0 Å².